The SMILES string of the molecule is CC1C(CN2CC3(C)CC2CC(C)(C)C3)OC(c2cccc(NC(=O)CCC(=O)O)c2)OC1c1ccc(CO)cc1. The molecule has 6 unspecified atom stereocenters. The third-order valence-electron chi connectivity index (χ3n) is 9.07. The number of likely N-dealkylation sites (tertiary alicyclic amines) is 1. The second-order valence-electron chi connectivity index (χ2n) is 13.5. The molecule has 2 heterocycles. The number of carbonyl (C=O) groups excluding carboxylic acids is 1. The van der Waals surface area contributed by atoms with Gasteiger partial charge in [-0.05, 0) is 53.4 Å². The number of amides is 1. The molecule has 1 aliphatic carbocycles. The maximum absolute atomic E-state index is 12.3. The van der Waals surface area contributed by atoms with Crippen LogP contribution >= 0.6 is 0 Å². The van der Waals surface area contributed by atoms with Crippen LogP contribution < -0.4 is 5.32 Å². The maximum atomic E-state index is 12.3. The first-order valence-corrected chi connectivity index (χ1v) is 14.8. The van der Waals surface area contributed by atoms with Crippen LogP contribution in [0, 0.1) is 16.7 Å². The largest absolute Gasteiger partial charge is 0.481 e. The van der Waals surface area contributed by atoms with Crippen molar-refractivity contribution < 1.29 is 29.3 Å². The van der Waals surface area contributed by atoms with E-state index < -0.39 is 12.3 Å². The minimum absolute atomic E-state index is 0.00778. The molecule has 2 saturated heterocycles. The van der Waals surface area contributed by atoms with Crippen molar-refractivity contribution in [2.24, 2.45) is 16.7 Å². The Morgan fingerprint density at radius 2 is 1.78 bits per heavy atom. The molecule has 1 amide bonds. The minimum atomic E-state index is -1.00. The molecule has 3 fully saturated rings. The van der Waals surface area contributed by atoms with Gasteiger partial charge in [0.2, 0.25) is 5.91 Å². The van der Waals surface area contributed by atoms with Crippen LogP contribution in [-0.2, 0) is 25.7 Å². The molecular formula is C33H44N2O6. The number of carboxylic acids is 1. The molecule has 1 saturated carbocycles. The molecule has 2 aromatic rings. The molecule has 3 aliphatic rings. The van der Waals surface area contributed by atoms with Crippen LogP contribution in [0.25, 0.3) is 0 Å². The van der Waals surface area contributed by atoms with Gasteiger partial charge in [0.1, 0.15) is 0 Å². The predicted octanol–water partition coefficient (Wildman–Crippen LogP) is 5.67. The summed E-state index contributed by atoms with van der Waals surface area (Å²) in [6.07, 6.45) is 2.43. The molecule has 41 heavy (non-hydrogen) atoms. The summed E-state index contributed by atoms with van der Waals surface area (Å²) in [7, 11) is 0. The fraction of sp³-hybridized carbons (Fsp3) is 0.576. The number of ether oxygens (including phenoxy) is 2. The molecule has 2 bridgehead atoms. The maximum Gasteiger partial charge on any atom is 0.303 e. The monoisotopic (exact) mass is 564 g/mol. The van der Waals surface area contributed by atoms with Crippen molar-refractivity contribution in [2.75, 3.05) is 18.4 Å². The van der Waals surface area contributed by atoms with Crippen molar-refractivity contribution in [1.82, 2.24) is 4.90 Å². The van der Waals surface area contributed by atoms with Crippen molar-refractivity contribution >= 4 is 17.6 Å². The number of benzene rings is 2. The molecule has 5 rings (SSSR count). The van der Waals surface area contributed by atoms with Gasteiger partial charge in [-0.15, -0.1) is 0 Å². The highest BCUT2D eigenvalue weighted by Crippen LogP contribution is 2.53. The van der Waals surface area contributed by atoms with E-state index in [-0.39, 0.29) is 43.5 Å². The van der Waals surface area contributed by atoms with Crippen LogP contribution in [-0.4, -0.2) is 52.2 Å². The molecule has 0 aromatic heterocycles. The first-order valence-electron chi connectivity index (χ1n) is 14.8. The average molecular weight is 565 g/mol. The van der Waals surface area contributed by atoms with Crippen LogP contribution in [0.4, 0.5) is 5.69 Å². The van der Waals surface area contributed by atoms with Crippen LogP contribution in [0.15, 0.2) is 48.5 Å². The molecule has 0 spiro atoms. The van der Waals surface area contributed by atoms with E-state index in [2.05, 4.69) is 37.9 Å². The first kappa shape index (κ1) is 29.7. The first-order chi connectivity index (χ1) is 19.4. The Bertz CT molecular complexity index is 1250. The molecular weight excluding hydrogens is 520 g/mol. The number of fused-ring (bicyclic) bond motifs is 2. The molecule has 3 N–H and O–H groups in total. The minimum Gasteiger partial charge on any atom is -0.481 e. The number of nitrogens with one attached hydrogen (secondary N) is 1. The van der Waals surface area contributed by atoms with Gasteiger partial charge < -0.3 is 25.0 Å². The molecule has 2 aromatic carbocycles. The summed E-state index contributed by atoms with van der Waals surface area (Å²) in [5.41, 5.74) is 3.93. The number of rotatable bonds is 9. The Morgan fingerprint density at radius 1 is 1.02 bits per heavy atom. The molecule has 2 aliphatic heterocycles. The van der Waals surface area contributed by atoms with Gasteiger partial charge in [0.25, 0.3) is 0 Å². The second kappa shape index (κ2) is 11.8. The molecule has 8 heteroatoms. The number of aliphatic carboxylic acids is 1. The van der Waals surface area contributed by atoms with Gasteiger partial charge in [0.15, 0.2) is 6.29 Å². The van der Waals surface area contributed by atoms with E-state index in [1.807, 2.05) is 42.5 Å². The smallest absolute Gasteiger partial charge is 0.303 e. The van der Waals surface area contributed by atoms with Gasteiger partial charge in [-0.3, -0.25) is 14.5 Å². The van der Waals surface area contributed by atoms with E-state index in [4.69, 9.17) is 14.6 Å². The second-order valence-corrected chi connectivity index (χ2v) is 13.5. The average Bonchev–Trinajstić information content (AvgIpc) is 3.16. The fourth-order valence-electron chi connectivity index (χ4n) is 7.56. The van der Waals surface area contributed by atoms with E-state index in [0.717, 1.165) is 29.8 Å². The van der Waals surface area contributed by atoms with Gasteiger partial charge in [0.05, 0.1) is 25.2 Å². The van der Waals surface area contributed by atoms with Crippen molar-refractivity contribution in [2.45, 2.75) is 90.9 Å². The zero-order valence-electron chi connectivity index (χ0n) is 24.6. The van der Waals surface area contributed by atoms with Crippen molar-refractivity contribution in [1.29, 1.82) is 0 Å². The topological polar surface area (TPSA) is 108 Å². The molecule has 0 radical (unpaired) electrons. The van der Waals surface area contributed by atoms with Crippen molar-refractivity contribution in [3.05, 3.63) is 65.2 Å². The van der Waals surface area contributed by atoms with E-state index in [1.54, 1.807) is 6.07 Å². The summed E-state index contributed by atoms with van der Waals surface area (Å²) in [6, 6.07) is 15.9. The van der Waals surface area contributed by atoms with Crippen LogP contribution in [0.3, 0.4) is 0 Å². The van der Waals surface area contributed by atoms with Gasteiger partial charge in [-0.25, -0.2) is 0 Å². The third kappa shape index (κ3) is 7.00. The Hall–Kier alpha value is -2.78. The van der Waals surface area contributed by atoms with Gasteiger partial charge >= 0.3 is 5.97 Å². The number of anilines is 1. The highest BCUT2D eigenvalue weighted by atomic mass is 16.7. The van der Waals surface area contributed by atoms with Crippen molar-refractivity contribution in [3.63, 3.8) is 0 Å². The lowest BCUT2D eigenvalue weighted by atomic mass is 9.65. The zero-order valence-corrected chi connectivity index (χ0v) is 24.6. The lowest BCUT2D eigenvalue weighted by Gasteiger charge is -2.43. The summed E-state index contributed by atoms with van der Waals surface area (Å²) in [5, 5.41) is 21.3. The molecule has 8 nitrogen and oxygen atoms in total. The highest BCUT2D eigenvalue weighted by Gasteiger charge is 2.51. The quantitative estimate of drug-likeness (QED) is 0.360. The summed E-state index contributed by atoms with van der Waals surface area (Å²) in [5.74, 6) is -1.26. The molecule has 6 atom stereocenters. The lowest BCUT2D eigenvalue weighted by Crippen LogP contribution is -2.46. The standard InChI is InChI=1S/C33H44N2O6/c1-21-27(17-35-20-33(4)16-26(35)15-32(2,3)19-33)40-31(41-30(21)23-10-8-22(18-36)9-11-23)24-6-5-7-25(14-24)34-28(37)12-13-29(38)39/h5-11,14,21,26-27,30-31,36H,12-13,15-20H2,1-4H3,(H,34,37)(H,38,39). The van der Waals surface area contributed by atoms with E-state index in [0.29, 0.717) is 22.6 Å². The number of carbonyl (C=O) groups is 2. The zero-order chi connectivity index (χ0) is 29.4. The number of carboxylic acid groups (broad SMARTS) is 1. The Morgan fingerprint density at radius 3 is 2.49 bits per heavy atom. The number of hydrogen-bond donors (Lipinski definition) is 3. The normalized spacial score (nSPS) is 31.1. The lowest BCUT2D eigenvalue weighted by molar-refractivity contribution is -0.276. The number of aliphatic hydroxyl groups excluding tert-OH is 1. The van der Waals surface area contributed by atoms with Gasteiger partial charge in [-0.2, -0.15) is 0 Å². The Kier molecular flexibility index (Phi) is 8.58. The van der Waals surface area contributed by atoms with E-state index in [9.17, 15) is 14.7 Å². The highest BCUT2D eigenvalue weighted by molar-refractivity contribution is 5.92. The van der Waals surface area contributed by atoms with Gasteiger partial charge in [-0.1, -0.05) is 64.1 Å². The van der Waals surface area contributed by atoms with E-state index in [1.165, 1.54) is 19.3 Å². The van der Waals surface area contributed by atoms with Crippen LogP contribution in [0.1, 0.15) is 88.9 Å². The summed E-state index contributed by atoms with van der Waals surface area (Å²) in [6.45, 7) is 11.3. The molecule has 222 valence electrons. The van der Waals surface area contributed by atoms with Crippen LogP contribution in [0.5, 0.6) is 0 Å². The summed E-state index contributed by atoms with van der Waals surface area (Å²) >= 11 is 0. The summed E-state index contributed by atoms with van der Waals surface area (Å²) in [4.78, 5) is 25.8. The van der Waals surface area contributed by atoms with Gasteiger partial charge in [0, 0.05) is 42.7 Å². The predicted molar refractivity (Wildman–Crippen MR) is 156 cm³/mol. The Balaban J connectivity index is 1.38. The summed E-state index contributed by atoms with van der Waals surface area (Å²) < 4.78 is 13.3. The fourth-order valence-corrected chi connectivity index (χ4v) is 7.56. The Labute approximate surface area is 243 Å². The number of nitrogens with zero attached hydrogens (tertiary/aromatic N) is 1. The van der Waals surface area contributed by atoms with E-state index >= 15 is 0 Å². The number of hydrogen-bond acceptors (Lipinski definition) is 6. The van der Waals surface area contributed by atoms with Crippen molar-refractivity contribution in [3.8, 4) is 0 Å². The van der Waals surface area contributed by atoms with Crippen LogP contribution in [0.2, 0.25) is 0 Å². The number of aliphatic hydroxyl groups is 1. The third-order valence-corrected chi connectivity index (χ3v) is 9.07.